The van der Waals surface area contributed by atoms with Gasteiger partial charge in [-0.15, -0.1) is 0 Å². The van der Waals surface area contributed by atoms with Crippen LogP contribution >= 0.6 is 0 Å². The zero-order valence-electron chi connectivity index (χ0n) is 25.8. The standard InChI is InChI=1S/C40H51N/c1-41(2)37-29-22-32(23-30-37)18-15-13-11-9-7-5-3-4-6-8-10-12-14-16-19-33-24-25-36-27-26-34-20-17-21-35-28-31-38(33)40(36)39(34)35/h17,20-31H,3-16,18-19H2,1-2H3. The smallest absolute Gasteiger partial charge is 0.0361 e. The van der Waals surface area contributed by atoms with Gasteiger partial charge in [-0.2, -0.15) is 0 Å². The van der Waals surface area contributed by atoms with Crippen LogP contribution in [0.15, 0.2) is 78.9 Å². The molecule has 0 aliphatic heterocycles. The average molecular weight is 546 g/mol. The summed E-state index contributed by atoms with van der Waals surface area (Å²) < 4.78 is 0. The summed E-state index contributed by atoms with van der Waals surface area (Å²) in [6.07, 6.45) is 22.1. The van der Waals surface area contributed by atoms with E-state index < -0.39 is 0 Å². The van der Waals surface area contributed by atoms with E-state index in [-0.39, 0.29) is 0 Å². The lowest BCUT2D eigenvalue weighted by Crippen LogP contribution is -2.08. The quantitative estimate of drug-likeness (QED) is 0.0781. The Bertz CT molecular complexity index is 1450. The molecular weight excluding hydrogens is 494 g/mol. The van der Waals surface area contributed by atoms with Crippen LogP contribution in [0.2, 0.25) is 0 Å². The van der Waals surface area contributed by atoms with Crippen molar-refractivity contribution in [1.82, 2.24) is 0 Å². The van der Waals surface area contributed by atoms with Gasteiger partial charge in [0.2, 0.25) is 0 Å². The van der Waals surface area contributed by atoms with E-state index in [2.05, 4.69) is 97.9 Å². The molecule has 0 aliphatic rings. The molecule has 0 saturated heterocycles. The lowest BCUT2D eigenvalue weighted by atomic mass is 9.90. The van der Waals surface area contributed by atoms with Gasteiger partial charge in [0.1, 0.15) is 0 Å². The van der Waals surface area contributed by atoms with Crippen LogP contribution in [0.1, 0.15) is 101 Å². The van der Waals surface area contributed by atoms with Gasteiger partial charge in [-0.05, 0) is 81.3 Å². The zero-order chi connectivity index (χ0) is 28.3. The van der Waals surface area contributed by atoms with Crippen molar-refractivity contribution in [3.63, 3.8) is 0 Å². The van der Waals surface area contributed by atoms with E-state index in [9.17, 15) is 0 Å². The topological polar surface area (TPSA) is 3.24 Å². The third kappa shape index (κ3) is 8.03. The first-order valence-corrected chi connectivity index (χ1v) is 16.6. The number of hydrogen-bond donors (Lipinski definition) is 0. The minimum absolute atomic E-state index is 1.21. The highest BCUT2D eigenvalue weighted by Gasteiger charge is 2.10. The summed E-state index contributed by atoms with van der Waals surface area (Å²) in [5.74, 6) is 0. The van der Waals surface area contributed by atoms with Crippen LogP contribution in [-0.2, 0) is 12.8 Å². The third-order valence-corrected chi connectivity index (χ3v) is 9.23. The fraction of sp³-hybridized carbons (Fsp3) is 0.450. The van der Waals surface area contributed by atoms with Crippen LogP contribution < -0.4 is 4.90 Å². The molecule has 216 valence electrons. The van der Waals surface area contributed by atoms with Crippen molar-refractivity contribution in [3.8, 4) is 0 Å². The summed E-state index contributed by atoms with van der Waals surface area (Å²) in [6.45, 7) is 0. The summed E-state index contributed by atoms with van der Waals surface area (Å²) in [4.78, 5) is 2.17. The Hall–Kier alpha value is -3.06. The minimum atomic E-state index is 1.21. The highest BCUT2D eigenvalue weighted by Crippen LogP contribution is 2.36. The molecule has 0 spiro atoms. The minimum Gasteiger partial charge on any atom is -0.378 e. The molecule has 0 radical (unpaired) electrons. The number of aryl methyl sites for hydroxylation is 2. The average Bonchev–Trinajstić information content (AvgIpc) is 3.00. The molecule has 41 heavy (non-hydrogen) atoms. The van der Waals surface area contributed by atoms with Crippen LogP contribution in [-0.4, -0.2) is 14.1 Å². The van der Waals surface area contributed by atoms with Crippen molar-refractivity contribution in [2.45, 2.75) is 103 Å². The van der Waals surface area contributed by atoms with Crippen molar-refractivity contribution in [1.29, 1.82) is 0 Å². The highest BCUT2D eigenvalue weighted by atomic mass is 15.1. The second kappa shape index (κ2) is 15.2. The Morgan fingerprint density at radius 3 is 1.44 bits per heavy atom. The van der Waals surface area contributed by atoms with Gasteiger partial charge in [-0.1, -0.05) is 144 Å². The van der Waals surface area contributed by atoms with Crippen LogP contribution in [0.4, 0.5) is 5.69 Å². The molecular formula is C40H51N. The molecule has 0 unspecified atom stereocenters. The second-order valence-electron chi connectivity index (χ2n) is 12.6. The zero-order valence-corrected chi connectivity index (χ0v) is 25.8. The van der Waals surface area contributed by atoms with Crippen molar-refractivity contribution in [2.24, 2.45) is 0 Å². The Morgan fingerprint density at radius 2 is 0.878 bits per heavy atom. The van der Waals surface area contributed by atoms with Gasteiger partial charge in [-0.25, -0.2) is 0 Å². The predicted molar refractivity (Wildman–Crippen MR) is 183 cm³/mol. The van der Waals surface area contributed by atoms with E-state index in [1.807, 2.05) is 0 Å². The third-order valence-electron chi connectivity index (χ3n) is 9.23. The first-order valence-electron chi connectivity index (χ1n) is 16.6. The van der Waals surface area contributed by atoms with Crippen LogP contribution in [0.25, 0.3) is 32.3 Å². The molecule has 0 N–H and O–H groups in total. The molecule has 0 aliphatic carbocycles. The van der Waals surface area contributed by atoms with Gasteiger partial charge in [0.05, 0.1) is 0 Å². The number of benzene rings is 5. The Balaban J connectivity index is 0.871. The Labute approximate surface area is 249 Å². The number of rotatable bonds is 18. The van der Waals surface area contributed by atoms with E-state index in [4.69, 9.17) is 0 Å². The molecule has 0 atom stereocenters. The molecule has 5 rings (SSSR count). The van der Waals surface area contributed by atoms with Crippen molar-refractivity contribution in [3.05, 3.63) is 90.0 Å². The van der Waals surface area contributed by atoms with Gasteiger partial charge < -0.3 is 4.90 Å². The van der Waals surface area contributed by atoms with Crippen molar-refractivity contribution < 1.29 is 0 Å². The molecule has 0 fully saturated rings. The monoisotopic (exact) mass is 545 g/mol. The molecule has 0 amide bonds. The number of hydrogen-bond acceptors (Lipinski definition) is 1. The van der Waals surface area contributed by atoms with Gasteiger partial charge >= 0.3 is 0 Å². The number of anilines is 1. The molecule has 0 saturated carbocycles. The van der Waals surface area contributed by atoms with Gasteiger partial charge in [0.15, 0.2) is 0 Å². The molecule has 5 aromatic carbocycles. The molecule has 0 heterocycles. The Morgan fingerprint density at radius 1 is 0.415 bits per heavy atom. The summed E-state index contributed by atoms with van der Waals surface area (Å²) >= 11 is 0. The first-order chi connectivity index (χ1) is 20.2. The summed E-state index contributed by atoms with van der Waals surface area (Å²) in [6, 6.07) is 29.7. The van der Waals surface area contributed by atoms with E-state index in [0.29, 0.717) is 0 Å². The predicted octanol–water partition coefficient (Wildman–Crippen LogP) is 11.9. The maximum atomic E-state index is 2.38. The molecule has 5 aromatic rings. The Kier molecular flexibility index (Phi) is 10.9. The molecule has 0 bridgehead atoms. The van der Waals surface area contributed by atoms with E-state index in [1.165, 1.54) is 152 Å². The van der Waals surface area contributed by atoms with Gasteiger partial charge in [-0.3, -0.25) is 0 Å². The van der Waals surface area contributed by atoms with E-state index in [0.717, 1.165) is 0 Å². The van der Waals surface area contributed by atoms with Crippen molar-refractivity contribution >= 4 is 38.0 Å². The molecule has 0 aromatic heterocycles. The maximum Gasteiger partial charge on any atom is 0.0361 e. The first kappa shape index (κ1) is 29.4. The maximum absolute atomic E-state index is 2.38. The second-order valence-corrected chi connectivity index (χ2v) is 12.6. The lowest BCUT2D eigenvalue weighted by Gasteiger charge is -2.14. The summed E-state index contributed by atoms with van der Waals surface area (Å²) in [7, 11) is 4.21. The highest BCUT2D eigenvalue weighted by molar-refractivity contribution is 6.23. The lowest BCUT2D eigenvalue weighted by molar-refractivity contribution is 0.533. The number of unbranched alkanes of at least 4 members (excludes halogenated alkanes) is 13. The van der Waals surface area contributed by atoms with Gasteiger partial charge in [0, 0.05) is 19.8 Å². The van der Waals surface area contributed by atoms with Crippen LogP contribution in [0.5, 0.6) is 0 Å². The largest absolute Gasteiger partial charge is 0.378 e. The molecule has 1 nitrogen and oxygen atoms in total. The van der Waals surface area contributed by atoms with E-state index >= 15 is 0 Å². The molecule has 1 heteroatoms. The summed E-state index contributed by atoms with van der Waals surface area (Å²) in [5.41, 5.74) is 4.31. The number of nitrogens with zero attached hydrogens (tertiary/aromatic N) is 1. The van der Waals surface area contributed by atoms with Crippen molar-refractivity contribution in [2.75, 3.05) is 19.0 Å². The van der Waals surface area contributed by atoms with E-state index in [1.54, 1.807) is 0 Å². The van der Waals surface area contributed by atoms with Gasteiger partial charge in [0.25, 0.3) is 0 Å². The van der Waals surface area contributed by atoms with Crippen LogP contribution in [0.3, 0.4) is 0 Å². The fourth-order valence-electron chi connectivity index (χ4n) is 6.74. The fourth-order valence-corrected chi connectivity index (χ4v) is 6.74. The summed E-state index contributed by atoms with van der Waals surface area (Å²) in [5, 5.41) is 8.50. The SMILES string of the molecule is CN(C)c1ccc(CCCCCCCCCCCCCCCCc2ccc3ccc4cccc5ccc2c3c45)cc1. The van der Waals surface area contributed by atoms with Crippen LogP contribution in [0, 0.1) is 0 Å². The normalized spacial score (nSPS) is 11.8.